The van der Waals surface area contributed by atoms with E-state index in [1.807, 2.05) is 0 Å². The smallest absolute Gasteiger partial charge is 0.248 e. The second kappa shape index (κ2) is 9.54. The monoisotopic (exact) mass is 460 g/mol. The van der Waals surface area contributed by atoms with E-state index in [1.165, 1.54) is 19.5 Å². The van der Waals surface area contributed by atoms with Crippen molar-refractivity contribution in [3.63, 3.8) is 0 Å². The van der Waals surface area contributed by atoms with Gasteiger partial charge < -0.3 is 24.8 Å². The van der Waals surface area contributed by atoms with Gasteiger partial charge in [-0.2, -0.15) is 0 Å². The highest BCUT2D eigenvalue weighted by Gasteiger charge is 2.24. The van der Waals surface area contributed by atoms with Gasteiger partial charge in [-0.15, -0.1) is 0 Å². The Morgan fingerprint density at radius 2 is 2.06 bits per heavy atom. The van der Waals surface area contributed by atoms with Gasteiger partial charge in [0.1, 0.15) is 24.9 Å². The molecule has 1 fully saturated rings. The number of hydrogen-bond acceptors (Lipinski definition) is 7. The number of aliphatic hydroxyl groups is 1. The maximum Gasteiger partial charge on any atom is 0.248 e. The molecule has 0 radical (unpaired) electrons. The minimum atomic E-state index is -0.570. The SMILES string of the molecule is COc1cc2c(Nc3cccc(Cl)c3F)ncnc2cc1OC1CCN(C(=O)CO)CC1. The van der Waals surface area contributed by atoms with E-state index in [1.54, 1.807) is 29.2 Å². The Bertz CT molecular complexity index is 1140. The molecular weight excluding hydrogens is 439 g/mol. The van der Waals surface area contributed by atoms with Gasteiger partial charge in [0.05, 0.1) is 23.3 Å². The number of benzene rings is 2. The fraction of sp³-hybridized carbons (Fsp3) is 0.318. The number of aliphatic hydroxyl groups excluding tert-OH is 1. The van der Waals surface area contributed by atoms with Gasteiger partial charge in [-0.25, -0.2) is 14.4 Å². The molecule has 8 nitrogen and oxygen atoms in total. The first-order valence-electron chi connectivity index (χ1n) is 10.1. The molecule has 4 rings (SSSR count). The Morgan fingerprint density at radius 3 is 2.78 bits per heavy atom. The van der Waals surface area contributed by atoms with Crippen molar-refractivity contribution >= 4 is 39.9 Å². The molecule has 2 aromatic carbocycles. The predicted molar refractivity (Wildman–Crippen MR) is 118 cm³/mol. The van der Waals surface area contributed by atoms with Crippen LogP contribution in [0.25, 0.3) is 10.9 Å². The summed E-state index contributed by atoms with van der Waals surface area (Å²) in [5, 5.41) is 12.6. The Morgan fingerprint density at radius 1 is 1.28 bits per heavy atom. The number of piperidine rings is 1. The number of likely N-dealkylation sites (tertiary alicyclic amines) is 1. The lowest BCUT2D eigenvalue weighted by Gasteiger charge is -2.32. The summed E-state index contributed by atoms with van der Waals surface area (Å²) in [7, 11) is 1.53. The predicted octanol–water partition coefficient (Wildman–Crippen LogP) is 3.54. The molecule has 0 unspecified atom stereocenters. The van der Waals surface area contributed by atoms with E-state index in [2.05, 4.69) is 15.3 Å². The largest absolute Gasteiger partial charge is 0.493 e. The molecule has 0 atom stereocenters. The van der Waals surface area contributed by atoms with Gasteiger partial charge in [-0.1, -0.05) is 17.7 Å². The molecule has 1 aromatic heterocycles. The molecule has 10 heteroatoms. The van der Waals surface area contributed by atoms with E-state index >= 15 is 0 Å². The summed E-state index contributed by atoms with van der Waals surface area (Å²) >= 11 is 5.88. The number of carbonyl (C=O) groups is 1. The van der Waals surface area contributed by atoms with Crippen LogP contribution in [0.1, 0.15) is 12.8 Å². The summed E-state index contributed by atoms with van der Waals surface area (Å²) in [4.78, 5) is 21.8. The van der Waals surface area contributed by atoms with Crippen LogP contribution in [-0.4, -0.2) is 58.8 Å². The van der Waals surface area contributed by atoms with Gasteiger partial charge in [0.2, 0.25) is 5.91 Å². The summed E-state index contributed by atoms with van der Waals surface area (Å²) in [5.74, 6) is 0.552. The molecule has 0 spiro atoms. The van der Waals surface area contributed by atoms with Gasteiger partial charge in [0.25, 0.3) is 0 Å². The van der Waals surface area contributed by atoms with Crippen LogP contribution in [0.15, 0.2) is 36.7 Å². The maximum atomic E-state index is 14.3. The molecule has 2 heterocycles. The number of nitrogens with one attached hydrogen (secondary N) is 1. The lowest BCUT2D eigenvalue weighted by atomic mass is 10.1. The molecule has 168 valence electrons. The average Bonchev–Trinajstić information content (AvgIpc) is 2.81. The van der Waals surface area contributed by atoms with E-state index in [9.17, 15) is 9.18 Å². The van der Waals surface area contributed by atoms with Gasteiger partial charge in [0, 0.05) is 37.4 Å². The zero-order chi connectivity index (χ0) is 22.7. The van der Waals surface area contributed by atoms with Gasteiger partial charge in [0.15, 0.2) is 17.3 Å². The Labute approximate surface area is 188 Å². The highest BCUT2D eigenvalue weighted by Crippen LogP contribution is 2.36. The molecule has 0 saturated carbocycles. The van der Waals surface area contributed by atoms with E-state index in [0.29, 0.717) is 54.2 Å². The van der Waals surface area contributed by atoms with E-state index in [0.717, 1.165) is 0 Å². The normalized spacial score (nSPS) is 14.4. The van der Waals surface area contributed by atoms with Crippen LogP contribution in [0.5, 0.6) is 11.5 Å². The van der Waals surface area contributed by atoms with Crippen LogP contribution in [0.4, 0.5) is 15.9 Å². The van der Waals surface area contributed by atoms with Gasteiger partial charge >= 0.3 is 0 Å². The maximum absolute atomic E-state index is 14.3. The Kier molecular flexibility index (Phi) is 6.57. The quantitative estimate of drug-likeness (QED) is 0.580. The summed E-state index contributed by atoms with van der Waals surface area (Å²) < 4.78 is 26.0. The first kappa shape index (κ1) is 22.0. The van der Waals surface area contributed by atoms with Crippen molar-refractivity contribution in [2.24, 2.45) is 0 Å². The minimum absolute atomic E-state index is 0.00775. The highest BCUT2D eigenvalue weighted by atomic mass is 35.5. The summed E-state index contributed by atoms with van der Waals surface area (Å²) in [6.45, 7) is 0.544. The van der Waals surface area contributed by atoms with E-state index in [4.69, 9.17) is 26.2 Å². The molecule has 1 saturated heterocycles. The number of methoxy groups -OCH3 is 1. The first-order chi connectivity index (χ1) is 15.5. The van der Waals surface area contributed by atoms with Crippen LogP contribution in [0.3, 0.4) is 0 Å². The fourth-order valence-corrected chi connectivity index (χ4v) is 3.82. The summed E-state index contributed by atoms with van der Waals surface area (Å²) in [6, 6.07) is 8.16. The minimum Gasteiger partial charge on any atom is -0.493 e. The van der Waals surface area contributed by atoms with Crippen molar-refractivity contribution in [2.45, 2.75) is 18.9 Å². The topological polar surface area (TPSA) is 96.8 Å². The molecule has 1 amide bonds. The summed E-state index contributed by atoms with van der Waals surface area (Å²) in [5.41, 5.74) is 0.787. The molecule has 1 aliphatic rings. The van der Waals surface area contributed by atoms with Crippen molar-refractivity contribution in [3.05, 3.63) is 47.5 Å². The Balaban J connectivity index is 1.58. The number of nitrogens with zero attached hydrogens (tertiary/aromatic N) is 3. The number of carbonyl (C=O) groups excluding carboxylic acids is 1. The summed E-state index contributed by atoms with van der Waals surface area (Å²) in [6.07, 6.45) is 2.54. The molecular formula is C22H22ClFN4O4. The number of amides is 1. The lowest BCUT2D eigenvalue weighted by Crippen LogP contribution is -2.42. The Hall–Kier alpha value is -3.17. The molecule has 0 bridgehead atoms. The standard InChI is InChI=1S/C22H22ClFN4O4/c1-31-18-9-14-17(10-19(18)32-13-5-7-28(8-6-13)20(30)11-29)25-12-26-22(14)27-16-4-2-3-15(23)21(16)24/h2-4,9-10,12-13,29H,5-8,11H2,1H3,(H,25,26,27). The van der Waals surface area contributed by atoms with Gasteiger partial charge in [-0.05, 0) is 18.2 Å². The number of aromatic nitrogens is 2. The lowest BCUT2D eigenvalue weighted by molar-refractivity contribution is -0.135. The molecule has 1 aliphatic heterocycles. The fourth-order valence-electron chi connectivity index (χ4n) is 3.65. The van der Waals surface area contributed by atoms with Crippen molar-refractivity contribution < 1.29 is 23.8 Å². The number of ether oxygens (including phenoxy) is 2. The molecule has 3 aromatic rings. The van der Waals surface area contributed by atoms with Crippen LogP contribution in [0, 0.1) is 5.82 Å². The molecule has 32 heavy (non-hydrogen) atoms. The third-order valence-corrected chi connectivity index (χ3v) is 5.64. The molecule has 2 N–H and O–H groups in total. The number of fused-ring (bicyclic) bond motifs is 1. The zero-order valence-corrected chi connectivity index (χ0v) is 18.1. The second-order valence-corrected chi connectivity index (χ2v) is 7.73. The van der Waals surface area contributed by atoms with Crippen LogP contribution in [0.2, 0.25) is 5.02 Å². The van der Waals surface area contributed by atoms with E-state index in [-0.39, 0.29) is 22.7 Å². The third-order valence-electron chi connectivity index (χ3n) is 5.35. The zero-order valence-electron chi connectivity index (χ0n) is 17.3. The number of anilines is 2. The molecule has 0 aliphatic carbocycles. The van der Waals surface area contributed by atoms with Crippen molar-refractivity contribution in [3.8, 4) is 11.5 Å². The van der Waals surface area contributed by atoms with Crippen molar-refractivity contribution in [1.82, 2.24) is 14.9 Å². The number of hydrogen-bond donors (Lipinski definition) is 2. The number of halogens is 2. The highest BCUT2D eigenvalue weighted by molar-refractivity contribution is 6.31. The van der Waals surface area contributed by atoms with Crippen LogP contribution in [-0.2, 0) is 4.79 Å². The van der Waals surface area contributed by atoms with Crippen LogP contribution < -0.4 is 14.8 Å². The van der Waals surface area contributed by atoms with Crippen LogP contribution >= 0.6 is 11.6 Å². The van der Waals surface area contributed by atoms with Gasteiger partial charge in [-0.3, -0.25) is 4.79 Å². The van der Waals surface area contributed by atoms with Crippen molar-refractivity contribution in [2.75, 3.05) is 32.1 Å². The van der Waals surface area contributed by atoms with Crippen molar-refractivity contribution in [1.29, 1.82) is 0 Å². The van der Waals surface area contributed by atoms with E-state index < -0.39 is 12.4 Å². The number of rotatable bonds is 6. The average molecular weight is 461 g/mol. The third kappa shape index (κ3) is 4.53. The first-order valence-corrected chi connectivity index (χ1v) is 10.5. The second-order valence-electron chi connectivity index (χ2n) is 7.32.